The van der Waals surface area contributed by atoms with Gasteiger partial charge >= 0.3 is 0 Å². The van der Waals surface area contributed by atoms with Crippen LogP contribution in [0.15, 0.2) is 33.9 Å². The topological polar surface area (TPSA) is 88.3 Å². The quantitative estimate of drug-likeness (QED) is 0.774. The highest BCUT2D eigenvalue weighted by Gasteiger charge is 2.19. The fourth-order valence-electron chi connectivity index (χ4n) is 2.01. The van der Waals surface area contributed by atoms with Crippen molar-refractivity contribution in [2.75, 3.05) is 19.3 Å². The summed E-state index contributed by atoms with van der Waals surface area (Å²) in [5.74, 6) is -0.884. The van der Waals surface area contributed by atoms with E-state index < -0.39 is 5.82 Å². The van der Waals surface area contributed by atoms with Crippen molar-refractivity contribution in [2.45, 2.75) is 31.5 Å². The summed E-state index contributed by atoms with van der Waals surface area (Å²) in [6.07, 6.45) is 0. The van der Waals surface area contributed by atoms with Crippen LogP contribution in [0.4, 0.5) is 4.39 Å². The van der Waals surface area contributed by atoms with Crippen LogP contribution in [-0.4, -0.2) is 51.8 Å². The predicted octanol–water partition coefficient (Wildman–Crippen LogP) is 2.34. The average Bonchev–Trinajstić information content (AvgIpc) is 2.99. The number of carbonyl (C=O) groups is 2. The van der Waals surface area contributed by atoms with Crippen LogP contribution in [0.25, 0.3) is 11.5 Å². The van der Waals surface area contributed by atoms with Gasteiger partial charge in [0.15, 0.2) is 0 Å². The van der Waals surface area contributed by atoms with Crippen molar-refractivity contribution in [1.82, 2.24) is 20.4 Å². The van der Waals surface area contributed by atoms with Gasteiger partial charge in [-0.15, -0.1) is 10.2 Å². The minimum absolute atomic E-state index is 0.0260. The number of likely N-dealkylation sites (N-methyl/N-ethyl adjacent to an activating group) is 1. The summed E-state index contributed by atoms with van der Waals surface area (Å²) in [4.78, 5) is 25.3. The summed E-state index contributed by atoms with van der Waals surface area (Å²) in [7, 11) is 1.55. The molecule has 0 saturated heterocycles. The lowest BCUT2D eigenvalue weighted by Crippen LogP contribution is -2.46. The summed E-state index contributed by atoms with van der Waals surface area (Å²) < 4.78 is 19.1. The first-order valence-electron chi connectivity index (χ1n) is 7.92. The molecule has 0 bridgehead atoms. The third-order valence-corrected chi connectivity index (χ3v) is 3.95. The zero-order valence-corrected chi connectivity index (χ0v) is 15.9. The molecule has 0 radical (unpaired) electrons. The largest absolute Gasteiger partial charge is 0.411 e. The van der Waals surface area contributed by atoms with Gasteiger partial charge < -0.3 is 14.6 Å². The van der Waals surface area contributed by atoms with Crippen molar-refractivity contribution in [3.05, 3.63) is 30.1 Å². The summed E-state index contributed by atoms with van der Waals surface area (Å²) >= 11 is 1.03. The molecule has 2 rings (SSSR count). The Morgan fingerprint density at radius 3 is 2.62 bits per heavy atom. The Balaban J connectivity index is 1.88. The first-order valence-corrected chi connectivity index (χ1v) is 8.90. The van der Waals surface area contributed by atoms with E-state index in [4.69, 9.17) is 4.42 Å². The Labute approximate surface area is 155 Å². The molecule has 2 aromatic rings. The van der Waals surface area contributed by atoms with Gasteiger partial charge in [0.2, 0.25) is 11.8 Å². The van der Waals surface area contributed by atoms with Gasteiger partial charge in [0.1, 0.15) is 5.82 Å². The number of aromatic nitrogens is 2. The van der Waals surface area contributed by atoms with E-state index in [-0.39, 0.29) is 46.3 Å². The number of amides is 2. The van der Waals surface area contributed by atoms with Crippen LogP contribution < -0.4 is 5.32 Å². The molecule has 0 unspecified atom stereocenters. The maximum absolute atomic E-state index is 13.7. The highest BCUT2D eigenvalue weighted by molar-refractivity contribution is 7.99. The van der Waals surface area contributed by atoms with Crippen molar-refractivity contribution in [3.63, 3.8) is 0 Å². The highest BCUT2D eigenvalue weighted by atomic mass is 32.2. The van der Waals surface area contributed by atoms with Gasteiger partial charge in [0.25, 0.3) is 11.1 Å². The number of thioether (sulfide) groups is 1. The van der Waals surface area contributed by atoms with E-state index in [0.29, 0.717) is 0 Å². The molecule has 1 N–H and O–H groups in total. The molecule has 26 heavy (non-hydrogen) atoms. The standard InChI is InChI=1S/C17H21FN4O3S/c1-17(2,3)19-13(23)9-22(4)14(24)10-26-16-21-20-15(25-16)11-7-5-6-8-12(11)18/h5-8H,9-10H2,1-4H3,(H,19,23). The molecule has 1 heterocycles. The van der Waals surface area contributed by atoms with Crippen LogP contribution in [0.5, 0.6) is 0 Å². The Kier molecular flexibility index (Phi) is 6.36. The highest BCUT2D eigenvalue weighted by Crippen LogP contribution is 2.25. The summed E-state index contributed by atoms with van der Waals surface area (Å²) in [6, 6.07) is 6.06. The molecule has 9 heteroatoms. The summed E-state index contributed by atoms with van der Waals surface area (Å²) in [5, 5.41) is 10.5. The van der Waals surface area contributed by atoms with Gasteiger partial charge in [0.05, 0.1) is 17.9 Å². The number of nitrogens with zero attached hydrogens (tertiary/aromatic N) is 3. The minimum Gasteiger partial charge on any atom is -0.411 e. The molecule has 1 aromatic carbocycles. The Morgan fingerprint density at radius 2 is 1.96 bits per heavy atom. The first kappa shape index (κ1) is 19.9. The smallest absolute Gasteiger partial charge is 0.277 e. The molecule has 0 fully saturated rings. The van der Waals surface area contributed by atoms with Gasteiger partial charge in [-0.1, -0.05) is 23.9 Å². The lowest BCUT2D eigenvalue weighted by atomic mass is 10.1. The second-order valence-electron chi connectivity index (χ2n) is 6.69. The van der Waals surface area contributed by atoms with Gasteiger partial charge in [-0.3, -0.25) is 9.59 Å². The third kappa shape index (κ3) is 5.83. The molecule has 1 aromatic heterocycles. The Bertz CT molecular complexity index is 788. The fourth-order valence-corrected chi connectivity index (χ4v) is 2.71. The monoisotopic (exact) mass is 380 g/mol. The summed E-state index contributed by atoms with van der Waals surface area (Å²) in [5.41, 5.74) is -0.156. The maximum Gasteiger partial charge on any atom is 0.277 e. The molecule has 0 saturated carbocycles. The van der Waals surface area contributed by atoms with Gasteiger partial charge in [-0.05, 0) is 32.9 Å². The molecular formula is C17H21FN4O3S. The third-order valence-electron chi connectivity index (χ3n) is 3.15. The molecule has 7 nitrogen and oxygen atoms in total. The van der Waals surface area contributed by atoms with Crippen molar-refractivity contribution >= 4 is 23.6 Å². The minimum atomic E-state index is -0.464. The molecule has 0 aliphatic rings. The van der Waals surface area contributed by atoms with E-state index in [9.17, 15) is 14.0 Å². The van der Waals surface area contributed by atoms with Crippen LogP contribution in [0.1, 0.15) is 20.8 Å². The SMILES string of the molecule is CN(CC(=O)NC(C)(C)C)C(=O)CSc1nnc(-c2ccccc2F)o1. The average molecular weight is 380 g/mol. The Hall–Kier alpha value is -2.42. The normalized spacial score (nSPS) is 11.3. The molecule has 140 valence electrons. The molecule has 0 aliphatic heterocycles. The number of hydrogen-bond donors (Lipinski definition) is 1. The van der Waals surface area contributed by atoms with E-state index in [2.05, 4.69) is 15.5 Å². The Morgan fingerprint density at radius 1 is 1.27 bits per heavy atom. The first-order chi connectivity index (χ1) is 12.2. The second-order valence-corrected chi connectivity index (χ2v) is 7.62. The van der Waals surface area contributed by atoms with E-state index in [1.165, 1.54) is 17.0 Å². The molecule has 0 spiro atoms. The molecule has 0 atom stereocenters. The lowest BCUT2D eigenvalue weighted by molar-refractivity contribution is -0.133. The van der Waals surface area contributed by atoms with Crippen LogP contribution in [0.2, 0.25) is 0 Å². The molecular weight excluding hydrogens is 359 g/mol. The van der Waals surface area contributed by atoms with Crippen LogP contribution >= 0.6 is 11.8 Å². The van der Waals surface area contributed by atoms with E-state index in [1.807, 2.05) is 20.8 Å². The fraction of sp³-hybridized carbons (Fsp3) is 0.412. The zero-order chi connectivity index (χ0) is 19.3. The number of hydrogen-bond acceptors (Lipinski definition) is 6. The van der Waals surface area contributed by atoms with E-state index in [1.54, 1.807) is 19.2 Å². The predicted molar refractivity (Wildman–Crippen MR) is 95.9 cm³/mol. The summed E-state index contributed by atoms with van der Waals surface area (Å²) in [6.45, 7) is 5.56. The van der Waals surface area contributed by atoms with Gasteiger partial charge in [-0.2, -0.15) is 0 Å². The molecule has 0 aliphatic carbocycles. The van der Waals surface area contributed by atoms with Crippen molar-refractivity contribution in [2.24, 2.45) is 0 Å². The van der Waals surface area contributed by atoms with Crippen molar-refractivity contribution in [3.8, 4) is 11.5 Å². The van der Waals surface area contributed by atoms with Crippen LogP contribution in [-0.2, 0) is 9.59 Å². The maximum atomic E-state index is 13.7. The molecule has 2 amide bonds. The number of carbonyl (C=O) groups excluding carboxylic acids is 2. The zero-order valence-electron chi connectivity index (χ0n) is 15.1. The van der Waals surface area contributed by atoms with Crippen molar-refractivity contribution in [1.29, 1.82) is 0 Å². The van der Waals surface area contributed by atoms with Crippen molar-refractivity contribution < 1.29 is 18.4 Å². The van der Waals surface area contributed by atoms with Gasteiger partial charge in [0, 0.05) is 12.6 Å². The van der Waals surface area contributed by atoms with Crippen LogP contribution in [0, 0.1) is 5.82 Å². The number of nitrogens with one attached hydrogen (secondary N) is 1. The van der Waals surface area contributed by atoms with Crippen LogP contribution in [0.3, 0.4) is 0 Å². The second kappa shape index (κ2) is 8.31. The lowest BCUT2D eigenvalue weighted by Gasteiger charge is -2.23. The number of rotatable bonds is 6. The van der Waals surface area contributed by atoms with Gasteiger partial charge in [-0.25, -0.2) is 4.39 Å². The number of benzene rings is 1. The van der Waals surface area contributed by atoms with E-state index >= 15 is 0 Å². The van der Waals surface area contributed by atoms with E-state index in [0.717, 1.165) is 11.8 Å². The number of halogens is 1.